The van der Waals surface area contributed by atoms with E-state index in [1.165, 1.54) is 16.1 Å². The van der Waals surface area contributed by atoms with Crippen LogP contribution < -0.4 is 15.5 Å². The van der Waals surface area contributed by atoms with Crippen molar-refractivity contribution in [2.24, 2.45) is 0 Å². The molecule has 0 saturated carbocycles. The van der Waals surface area contributed by atoms with Gasteiger partial charge in [0.25, 0.3) is 11.8 Å². The highest BCUT2D eigenvalue weighted by atomic mass is 32.1. The molecule has 1 unspecified atom stereocenters. The zero-order valence-corrected chi connectivity index (χ0v) is 18.0. The average Bonchev–Trinajstić information content (AvgIpc) is 2.98. The number of aromatic nitrogens is 1. The zero-order valence-electron chi connectivity index (χ0n) is 17.2. The van der Waals surface area contributed by atoms with Gasteiger partial charge in [0, 0.05) is 24.5 Å². The smallest absolute Gasteiger partial charge is 0.288 e. The van der Waals surface area contributed by atoms with Crippen molar-refractivity contribution in [1.82, 2.24) is 20.3 Å². The molecule has 1 saturated heterocycles. The van der Waals surface area contributed by atoms with Crippen LogP contribution in [0.1, 0.15) is 30.8 Å². The molecule has 1 atom stereocenters. The Bertz CT molecular complexity index is 985. The third-order valence-electron chi connectivity index (χ3n) is 4.54. The van der Waals surface area contributed by atoms with Crippen LogP contribution in [0.3, 0.4) is 0 Å². The van der Waals surface area contributed by atoms with Crippen LogP contribution in [0.2, 0.25) is 0 Å². The van der Waals surface area contributed by atoms with Crippen molar-refractivity contribution in [2.45, 2.75) is 26.3 Å². The molecule has 3 rings (SSSR count). The van der Waals surface area contributed by atoms with Crippen molar-refractivity contribution in [3.63, 3.8) is 0 Å². The monoisotopic (exact) mass is 441 g/mol. The summed E-state index contributed by atoms with van der Waals surface area (Å²) in [5, 5.41) is 4.15. The van der Waals surface area contributed by atoms with Crippen molar-refractivity contribution < 1.29 is 19.1 Å². The molecule has 31 heavy (non-hydrogen) atoms. The van der Waals surface area contributed by atoms with Gasteiger partial charge in [-0.2, -0.15) is 0 Å². The van der Waals surface area contributed by atoms with Crippen molar-refractivity contribution >= 4 is 40.7 Å². The van der Waals surface area contributed by atoms with E-state index in [1.54, 1.807) is 49.4 Å². The first-order valence-corrected chi connectivity index (χ1v) is 10.2. The number of carbonyl (C=O) groups excluding carboxylic acids is 3. The number of nitrogens with zero attached hydrogens (tertiary/aromatic N) is 3. The second-order valence-corrected chi connectivity index (χ2v) is 6.99. The summed E-state index contributed by atoms with van der Waals surface area (Å²) in [6, 6.07) is 10.9. The molecule has 1 aliphatic heterocycles. The summed E-state index contributed by atoms with van der Waals surface area (Å²) in [5.74, 6) is -0.653. The van der Waals surface area contributed by atoms with Gasteiger partial charge in [0.2, 0.25) is 5.91 Å². The van der Waals surface area contributed by atoms with Crippen LogP contribution in [0.25, 0.3) is 0 Å². The lowest BCUT2D eigenvalue weighted by Crippen LogP contribution is -2.49. The Morgan fingerprint density at radius 1 is 1.19 bits per heavy atom. The van der Waals surface area contributed by atoms with E-state index in [0.717, 1.165) is 0 Å². The van der Waals surface area contributed by atoms with E-state index >= 15 is 0 Å². The fourth-order valence-corrected chi connectivity index (χ4v) is 3.52. The normalized spacial score (nSPS) is 15.7. The van der Waals surface area contributed by atoms with Crippen LogP contribution in [-0.2, 0) is 9.59 Å². The molecule has 162 valence electrons. The van der Waals surface area contributed by atoms with Crippen molar-refractivity contribution in [3.8, 4) is 5.75 Å². The van der Waals surface area contributed by atoms with Crippen LogP contribution in [0.5, 0.6) is 5.75 Å². The molecule has 9 nitrogen and oxygen atoms in total. The van der Waals surface area contributed by atoms with Gasteiger partial charge in [0.1, 0.15) is 17.5 Å². The molecule has 0 radical (unpaired) electrons. The Hall–Kier alpha value is -3.53. The molecule has 1 aliphatic rings. The highest BCUT2D eigenvalue weighted by molar-refractivity contribution is 7.80. The number of nitrogens with one attached hydrogen (secondary N) is 2. The largest absolute Gasteiger partial charge is 0.494 e. The van der Waals surface area contributed by atoms with E-state index in [4.69, 9.17) is 17.0 Å². The maximum atomic E-state index is 12.8. The van der Waals surface area contributed by atoms with Gasteiger partial charge in [-0.25, -0.2) is 5.01 Å². The number of hydrogen-bond donors (Lipinski definition) is 2. The molecule has 1 aromatic carbocycles. The first-order chi connectivity index (χ1) is 14.9. The molecule has 3 amide bonds. The van der Waals surface area contributed by atoms with Gasteiger partial charge in [0.05, 0.1) is 13.0 Å². The van der Waals surface area contributed by atoms with E-state index in [-0.39, 0.29) is 23.1 Å². The minimum absolute atomic E-state index is 0.132. The molecule has 0 bridgehead atoms. The van der Waals surface area contributed by atoms with Crippen LogP contribution in [0, 0.1) is 0 Å². The molecule has 0 spiro atoms. The number of amides is 3. The van der Waals surface area contributed by atoms with E-state index in [2.05, 4.69) is 15.7 Å². The number of pyridine rings is 1. The second kappa shape index (κ2) is 9.98. The van der Waals surface area contributed by atoms with E-state index < -0.39 is 17.9 Å². The third-order valence-corrected chi connectivity index (χ3v) is 4.96. The van der Waals surface area contributed by atoms with Crippen LogP contribution in [-0.4, -0.2) is 56.9 Å². The van der Waals surface area contributed by atoms with Crippen molar-refractivity contribution in [3.05, 3.63) is 54.4 Å². The molecule has 1 fully saturated rings. The van der Waals surface area contributed by atoms with Gasteiger partial charge in [-0.3, -0.25) is 29.7 Å². The summed E-state index contributed by atoms with van der Waals surface area (Å²) < 4.78 is 5.43. The Kier molecular flexibility index (Phi) is 7.14. The van der Waals surface area contributed by atoms with Crippen LogP contribution in [0.15, 0.2) is 48.7 Å². The number of benzene rings is 1. The third kappa shape index (κ3) is 5.15. The van der Waals surface area contributed by atoms with E-state index in [0.29, 0.717) is 24.6 Å². The Morgan fingerprint density at radius 3 is 2.68 bits per heavy atom. The summed E-state index contributed by atoms with van der Waals surface area (Å²) in [6.07, 6.45) is 1.29. The first kappa shape index (κ1) is 22.2. The van der Waals surface area contributed by atoms with Gasteiger partial charge in [-0.1, -0.05) is 12.1 Å². The Morgan fingerprint density at radius 2 is 2.00 bits per heavy atom. The van der Waals surface area contributed by atoms with Gasteiger partial charge in [-0.15, -0.1) is 0 Å². The van der Waals surface area contributed by atoms with Gasteiger partial charge in [-0.05, 0) is 50.3 Å². The summed E-state index contributed by atoms with van der Waals surface area (Å²) >= 11 is 5.36. The van der Waals surface area contributed by atoms with Gasteiger partial charge in [0.15, 0.2) is 5.11 Å². The molecular weight excluding hydrogens is 418 g/mol. The summed E-state index contributed by atoms with van der Waals surface area (Å²) in [4.78, 5) is 43.4. The predicted molar refractivity (Wildman–Crippen MR) is 118 cm³/mol. The lowest BCUT2D eigenvalue weighted by molar-refractivity contribution is -0.130. The SMILES string of the molecule is CCOc1cccc(NC(=O)CC2C(=O)N(CC)C(=S)N2NC(=O)c2ccccn2)c1. The Balaban J connectivity index is 1.74. The van der Waals surface area contributed by atoms with E-state index in [1.807, 2.05) is 6.92 Å². The zero-order chi connectivity index (χ0) is 22.4. The maximum Gasteiger partial charge on any atom is 0.288 e. The summed E-state index contributed by atoms with van der Waals surface area (Å²) in [5.41, 5.74) is 3.33. The molecule has 1 aromatic heterocycles. The van der Waals surface area contributed by atoms with Crippen molar-refractivity contribution in [1.29, 1.82) is 0 Å². The molecule has 10 heteroatoms. The molecule has 2 N–H and O–H groups in total. The molecule has 0 aliphatic carbocycles. The fraction of sp³-hybridized carbons (Fsp3) is 0.286. The second-order valence-electron chi connectivity index (χ2n) is 6.62. The lowest BCUT2D eigenvalue weighted by Gasteiger charge is -2.24. The number of anilines is 1. The van der Waals surface area contributed by atoms with Crippen LogP contribution >= 0.6 is 12.2 Å². The first-order valence-electron chi connectivity index (χ1n) is 9.83. The minimum Gasteiger partial charge on any atom is -0.494 e. The minimum atomic E-state index is -0.963. The highest BCUT2D eigenvalue weighted by Gasteiger charge is 2.44. The number of hydrogen-bond acceptors (Lipinski definition) is 6. The molecule has 2 heterocycles. The topological polar surface area (TPSA) is 104 Å². The Labute approximate surface area is 185 Å². The molecular formula is C21H23N5O4S. The quantitative estimate of drug-likeness (QED) is 0.604. The number of thiocarbonyl (C=S) groups is 1. The number of likely N-dealkylation sites (N-methyl/N-ethyl adjacent to an activating group) is 1. The summed E-state index contributed by atoms with van der Waals surface area (Å²) in [7, 11) is 0. The number of rotatable bonds is 8. The van der Waals surface area contributed by atoms with Crippen LogP contribution in [0.4, 0.5) is 5.69 Å². The maximum absolute atomic E-state index is 12.8. The lowest BCUT2D eigenvalue weighted by atomic mass is 10.2. The van der Waals surface area contributed by atoms with Crippen molar-refractivity contribution in [2.75, 3.05) is 18.5 Å². The standard InChI is InChI=1S/C21H23N5O4S/c1-3-25-20(29)17(13-18(27)23-14-8-7-9-15(12-14)30-4-2)26(21(25)31)24-19(28)16-10-5-6-11-22-16/h5-12,17H,3-4,13H2,1-2H3,(H,23,27)(H,24,28). The predicted octanol–water partition coefficient (Wildman–Crippen LogP) is 1.97. The summed E-state index contributed by atoms with van der Waals surface area (Å²) in [6.45, 7) is 4.46. The fourth-order valence-electron chi connectivity index (χ4n) is 3.13. The van der Waals surface area contributed by atoms with Gasteiger partial charge >= 0.3 is 0 Å². The molecule has 2 aromatic rings. The number of carbonyl (C=O) groups is 3. The average molecular weight is 442 g/mol. The number of hydrazine groups is 1. The number of ether oxygens (including phenoxy) is 1. The van der Waals surface area contributed by atoms with E-state index in [9.17, 15) is 14.4 Å². The highest BCUT2D eigenvalue weighted by Crippen LogP contribution is 2.21. The van der Waals surface area contributed by atoms with Gasteiger partial charge < -0.3 is 10.1 Å².